The first-order valence-corrected chi connectivity index (χ1v) is 9.11. The lowest BCUT2D eigenvalue weighted by Gasteiger charge is -2.36. The van der Waals surface area contributed by atoms with Gasteiger partial charge in [0.1, 0.15) is 11.5 Å². The second-order valence-electron chi connectivity index (χ2n) is 6.55. The van der Waals surface area contributed by atoms with Crippen LogP contribution in [0.25, 0.3) is 0 Å². The fraction of sp³-hybridized carbons (Fsp3) is 0.381. The van der Waals surface area contributed by atoms with Gasteiger partial charge >= 0.3 is 0 Å². The highest BCUT2D eigenvalue weighted by molar-refractivity contribution is 5.76. The van der Waals surface area contributed by atoms with Crippen LogP contribution in [0.5, 0.6) is 11.5 Å². The van der Waals surface area contributed by atoms with Gasteiger partial charge in [0, 0.05) is 38.3 Å². The van der Waals surface area contributed by atoms with E-state index in [1.807, 2.05) is 29.2 Å². The average molecular weight is 354 g/mol. The van der Waals surface area contributed by atoms with E-state index in [1.165, 1.54) is 5.69 Å². The summed E-state index contributed by atoms with van der Waals surface area (Å²) in [5, 5.41) is 9.93. The van der Waals surface area contributed by atoms with Gasteiger partial charge in [-0.1, -0.05) is 18.2 Å². The fourth-order valence-corrected chi connectivity index (χ4v) is 3.33. The molecule has 0 radical (unpaired) electrons. The number of anilines is 1. The Bertz CT molecular complexity index is 725. The molecule has 2 aromatic rings. The summed E-state index contributed by atoms with van der Waals surface area (Å²) in [4.78, 5) is 16.7. The minimum absolute atomic E-state index is 0.195. The average Bonchev–Trinajstić information content (AvgIpc) is 2.70. The first-order chi connectivity index (χ1) is 12.7. The summed E-state index contributed by atoms with van der Waals surface area (Å²) in [6.45, 7) is 3.26. The first kappa shape index (κ1) is 18.1. The lowest BCUT2D eigenvalue weighted by atomic mass is 10.1. The van der Waals surface area contributed by atoms with Crippen LogP contribution in [-0.2, 0) is 11.2 Å². The molecule has 1 saturated heterocycles. The smallest absolute Gasteiger partial charge is 0.222 e. The Balaban J connectivity index is 1.45. The Morgan fingerprint density at radius 3 is 2.50 bits per heavy atom. The summed E-state index contributed by atoms with van der Waals surface area (Å²) >= 11 is 0. The van der Waals surface area contributed by atoms with Crippen LogP contribution in [-0.4, -0.2) is 49.2 Å². The van der Waals surface area contributed by atoms with E-state index in [0.29, 0.717) is 12.8 Å². The van der Waals surface area contributed by atoms with Crippen molar-refractivity contribution in [1.29, 1.82) is 0 Å². The minimum Gasteiger partial charge on any atom is -0.508 e. The molecule has 0 atom stereocenters. The van der Waals surface area contributed by atoms with Crippen molar-refractivity contribution in [2.24, 2.45) is 0 Å². The van der Waals surface area contributed by atoms with Crippen molar-refractivity contribution in [3.8, 4) is 11.5 Å². The van der Waals surface area contributed by atoms with Crippen LogP contribution in [0.1, 0.15) is 18.4 Å². The number of rotatable bonds is 6. The van der Waals surface area contributed by atoms with Gasteiger partial charge in [0.15, 0.2) is 0 Å². The number of carbonyl (C=O) groups excluding carboxylic acids is 1. The number of methoxy groups -OCH3 is 1. The zero-order chi connectivity index (χ0) is 18.4. The summed E-state index contributed by atoms with van der Waals surface area (Å²) in [5.41, 5.74) is 2.04. The van der Waals surface area contributed by atoms with Crippen LogP contribution in [0.3, 0.4) is 0 Å². The molecule has 1 amide bonds. The van der Waals surface area contributed by atoms with E-state index >= 15 is 0 Å². The minimum atomic E-state index is 0.195. The molecule has 5 heteroatoms. The van der Waals surface area contributed by atoms with Crippen LogP contribution >= 0.6 is 0 Å². The lowest BCUT2D eigenvalue weighted by Crippen LogP contribution is -2.48. The Kier molecular flexibility index (Phi) is 6.00. The van der Waals surface area contributed by atoms with E-state index in [2.05, 4.69) is 17.0 Å². The SMILES string of the molecule is COc1ccc(O)c(CCCC(=O)N2CCN(c3ccccc3)CC2)c1. The number of aromatic hydroxyl groups is 1. The van der Waals surface area contributed by atoms with E-state index in [0.717, 1.165) is 43.9 Å². The van der Waals surface area contributed by atoms with Crippen molar-refractivity contribution in [2.45, 2.75) is 19.3 Å². The molecule has 1 heterocycles. The van der Waals surface area contributed by atoms with Crippen LogP contribution in [0.4, 0.5) is 5.69 Å². The monoisotopic (exact) mass is 354 g/mol. The number of carbonyl (C=O) groups is 1. The summed E-state index contributed by atoms with van der Waals surface area (Å²) in [5.74, 6) is 1.18. The van der Waals surface area contributed by atoms with Crippen molar-refractivity contribution in [2.75, 3.05) is 38.2 Å². The molecule has 1 aliphatic rings. The Morgan fingerprint density at radius 2 is 1.81 bits per heavy atom. The Hall–Kier alpha value is -2.69. The number of aryl methyl sites for hydroxylation is 1. The second-order valence-corrected chi connectivity index (χ2v) is 6.55. The van der Waals surface area contributed by atoms with Crippen molar-refractivity contribution in [3.05, 3.63) is 54.1 Å². The molecule has 0 unspecified atom stereocenters. The number of amides is 1. The fourth-order valence-electron chi connectivity index (χ4n) is 3.33. The van der Waals surface area contributed by atoms with Gasteiger partial charge in [-0.3, -0.25) is 4.79 Å². The largest absolute Gasteiger partial charge is 0.508 e. The molecule has 1 aliphatic heterocycles. The zero-order valence-corrected chi connectivity index (χ0v) is 15.2. The number of para-hydroxylation sites is 1. The number of benzene rings is 2. The predicted octanol–water partition coefficient (Wildman–Crippen LogP) is 3.07. The van der Waals surface area contributed by atoms with Gasteiger partial charge < -0.3 is 19.6 Å². The second kappa shape index (κ2) is 8.61. The van der Waals surface area contributed by atoms with E-state index in [1.54, 1.807) is 19.2 Å². The molecular weight excluding hydrogens is 328 g/mol. The van der Waals surface area contributed by atoms with Crippen LogP contribution < -0.4 is 9.64 Å². The predicted molar refractivity (Wildman–Crippen MR) is 103 cm³/mol. The quantitative estimate of drug-likeness (QED) is 0.866. The summed E-state index contributed by atoms with van der Waals surface area (Å²) < 4.78 is 5.19. The van der Waals surface area contributed by atoms with Crippen LogP contribution in [0.2, 0.25) is 0 Å². The maximum Gasteiger partial charge on any atom is 0.222 e. The van der Waals surface area contributed by atoms with Gasteiger partial charge in [-0.05, 0) is 48.7 Å². The molecule has 1 N–H and O–H groups in total. The third-order valence-corrected chi connectivity index (χ3v) is 4.88. The van der Waals surface area contributed by atoms with Crippen molar-refractivity contribution in [1.82, 2.24) is 4.90 Å². The summed E-state index contributed by atoms with van der Waals surface area (Å²) in [7, 11) is 1.61. The van der Waals surface area contributed by atoms with Crippen molar-refractivity contribution < 1.29 is 14.6 Å². The van der Waals surface area contributed by atoms with Gasteiger partial charge in [0.05, 0.1) is 7.11 Å². The topological polar surface area (TPSA) is 53.0 Å². The molecule has 0 aromatic heterocycles. The number of hydrogen-bond donors (Lipinski definition) is 1. The maximum absolute atomic E-state index is 12.5. The third-order valence-electron chi connectivity index (χ3n) is 4.88. The lowest BCUT2D eigenvalue weighted by molar-refractivity contribution is -0.131. The number of ether oxygens (including phenoxy) is 1. The standard InChI is InChI=1S/C21H26N2O3/c1-26-19-10-11-20(24)17(16-19)6-5-9-21(25)23-14-12-22(13-15-23)18-7-3-2-4-8-18/h2-4,7-8,10-11,16,24H,5-6,9,12-15H2,1H3. The van der Waals surface area contributed by atoms with Crippen molar-refractivity contribution >= 4 is 11.6 Å². The number of nitrogens with zero attached hydrogens (tertiary/aromatic N) is 2. The van der Waals surface area contributed by atoms with E-state index in [4.69, 9.17) is 4.74 Å². The highest BCUT2D eigenvalue weighted by Gasteiger charge is 2.20. The van der Waals surface area contributed by atoms with Crippen LogP contribution in [0, 0.1) is 0 Å². The normalized spacial score (nSPS) is 14.3. The third kappa shape index (κ3) is 4.48. The highest BCUT2D eigenvalue weighted by Crippen LogP contribution is 2.24. The molecule has 26 heavy (non-hydrogen) atoms. The Labute approximate surface area is 154 Å². The van der Waals surface area contributed by atoms with Gasteiger partial charge in [-0.25, -0.2) is 0 Å². The summed E-state index contributed by atoms with van der Waals surface area (Å²) in [6, 6.07) is 15.5. The molecule has 138 valence electrons. The van der Waals surface area contributed by atoms with Gasteiger partial charge in [-0.15, -0.1) is 0 Å². The maximum atomic E-state index is 12.5. The summed E-state index contributed by atoms with van der Waals surface area (Å²) in [6.07, 6.45) is 1.89. The van der Waals surface area contributed by atoms with E-state index < -0.39 is 0 Å². The van der Waals surface area contributed by atoms with Crippen molar-refractivity contribution in [3.63, 3.8) is 0 Å². The molecule has 0 saturated carbocycles. The molecule has 3 rings (SSSR count). The number of hydrogen-bond acceptors (Lipinski definition) is 4. The molecule has 0 aliphatic carbocycles. The number of piperazine rings is 1. The highest BCUT2D eigenvalue weighted by atomic mass is 16.5. The molecular formula is C21H26N2O3. The molecule has 5 nitrogen and oxygen atoms in total. The van der Waals surface area contributed by atoms with E-state index in [-0.39, 0.29) is 11.7 Å². The Morgan fingerprint density at radius 1 is 1.08 bits per heavy atom. The first-order valence-electron chi connectivity index (χ1n) is 9.11. The van der Waals surface area contributed by atoms with E-state index in [9.17, 15) is 9.90 Å². The van der Waals surface area contributed by atoms with Crippen LogP contribution in [0.15, 0.2) is 48.5 Å². The molecule has 0 bridgehead atoms. The molecule has 1 fully saturated rings. The van der Waals surface area contributed by atoms with Gasteiger partial charge in [0.2, 0.25) is 5.91 Å². The molecule has 0 spiro atoms. The van der Waals surface area contributed by atoms with Gasteiger partial charge in [0.25, 0.3) is 0 Å². The number of phenols is 1. The molecule has 2 aromatic carbocycles. The zero-order valence-electron chi connectivity index (χ0n) is 15.2. The number of phenolic OH excluding ortho intramolecular Hbond substituents is 1. The van der Waals surface area contributed by atoms with Gasteiger partial charge in [-0.2, -0.15) is 0 Å².